The van der Waals surface area contributed by atoms with Crippen LogP contribution < -0.4 is 16.6 Å². The summed E-state index contributed by atoms with van der Waals surface area (Å²) in [5, 5.41) is 10.0. The van der Waals surface area contributed by atoms with Crippen LogP contribution in [0.25, 0.3) is 11.2 Å². The number of nitrogens with one attached hydrogen (secondary N) is 1. The molecule has 11 heteroatoms. The summed E-state index contributed by atoms with van der Waals surface area (Å²) in [5.74, 6) is -0.530. The molecule has 3 aromatic heterocycles. The Labute approximate surface area is 126 Å². The van der Waals surface area contributed by atoms with Crippen molar-refractivity contribution in [2.24, 2.45) is 14.1 Å². The largest absolute Gasteiger partial charge is 0.332 e. The molecule has 0 fully saturated rings. The van der Waals surface area contributed by atoms with Crippen molar-refractivity contribution in [1.82, 2.24) is 28.9 Å². The lowest BCUT2D eigenvalue weighted by Gasteiger charge is -2.08. The lowest BCUT2D eigenvalue weighted by molar-refractivity contribution is -0.116. The second-order valence-corrected chi connectivity index (χ2v) is 5.39. The van der Waals surface area contributed by atoms with Crippen molar-refractivity contribution >= 4 is 33.5 Å². The van der Waals surface area contributed by atoms with E-state index in [4.69, 9.17) is 0 Å². The number of hydrogen-bond donors (Lipinski definition) is 1. The van der Waals surface area contributed by atoms with E-state index in [0.717, 1.165) is 15.9 Å². The molecule has 0 aliphatic carbocycles. The first-order valence-electron chi connectivity index (χ1n) is 6.16. The summed E-state index contributed by atoms with van der Waals surface area (Å²) in [5.41, 5.74) is 0.820. The fourth-order valence-corrected chi connectivity index (χ4v) is 2.53. The number of imidazole rings is 1. The summed E-state index contributed by atoms with van der Waals surface area (Å²) >= 11 is 1.14. The number of fused-ring (bicyclic) bond motifs is 1. The van der Waals surface area contributed by atoms with Crippen LogP contribution in [0.15, 0.2) is 21.4 Å². The van der Waals surface area contributed by atoms with Gasteiger partial charge in [0, 0.05) is 14.1 Å². The second kappa shape index (κ2) is 5.18. The third-order valence-electron chi connectivity index (χ3n) is 3.11. The summed E-state index contributed by atoms with van der Waals surface area (Å²) in [6.07, 6.45) is 1.44. The van der Waals surface area contributed by atoms with E-state index in [9.17, 15) is 14.4 Å². The molecule has 0 saturated carbocycles. The Kier molecular flexibility index (Phi) is 3.33. The van der Waals surface area contributed by atoms with Gasteiger partial charge in [0.25, 0.3) is 5.56 Å². The van der Waals surface area contributed by atoms with Gasteiger partial charge in [0.15, 0.2) is 11.2 Å². The molecule has 0 aromatic carbocycles. The maximum absolute atomic E-state index is 12.4. The zero-order chi connectivity index (χ0) is 15.9. The first-order valence-corrected chi connectivity index (χ1v) is 7.04. The van der Waals surface area contributed by atoms with E-state index in [0.29, 0.717) is 5.13 Å². The van der Waals surface area contributed by atoms with Gasteiger partial charge in [-0.3, -0.25) is 19.5 Å². The summed E-state index contributed by atoms with van der Waals surface area (Å²) in [6, 6.07) is 0. The number of rotatable bonds is 3. The van der Waals surface area contributed by atoms with Crippen LogP contribution in [0.5, 0.6) is 0 Å². The van der Waals surface area contributed by atoms with Crippen molar-refractivity contribution in [1.29, 1.82) is 0 Å². The quantitative estimate of drug-likeness (QED) is 0.656. The van der Waals surface area contributed by atoms with Gasteiger partial charge in [-0.15, -0.1) is 10.2 Å². The van der Waals surface area contributed by atoms with E-state index in [1.54, 1.807) is 7.05 Å². The predicted octanol–water partition coefficient (Wildman–Crippen LogP) is -1.08. The summed E-state index contributed by atoms with van der Waals surface area (Å²) in [4.78, 5) is 40.6. The van der Waals surface area contributed by atoms with Crippen molar-refractivity contribution in [3.63, 3.8) is 0 Å². The highest BCUT2D eigenvalue weighted by Gasteiger charge is 2.17. The Morgan fingerprint density at radius 1 is 1.36 bits per heavy atom. The number of anilines is 1. The topological polar surface area (TPSA) is 117 Å². The zero-order valence-electron chi connectivity index (χ0n) is 11.7. The van der Waals surface area contributed by atoms with Crippen LogP contribution in [0.3, 0.4) is 0 Å². The molecule has 3 rings (SSSR count). The number of amides is 1. The number of hydrogen-bond acceptors (Lipinski definition) is 7. The number of carbonyl (C=O) groups is 1. The van der Waals surface area contributed by atoms with E-state index in [-0.39, 0.29) is 11.2 Å². The van der Waals surface area contributed by atoms with Gasteiger partial charge < -0.3 is 4.57 Å². The van der Waals surface area contributed by atoms with Gasteiger partial charge in [-0.1, -0.05) is 11.3 Å². The molecule has 3 aromatic rings. The van der Waals surface area contributed by atoms with Gasteiger partial charge in [-0.2, -0.15) is 0 Å². The van der Waals surface area contributed by atoms with Crippen LogP contribution in [-0.2, 0) is 25.4 Å². The lowest BCUT2D eigenvalue weighted by atomic mass is 10.4. The lowest BCUT2D eigenvalue weighted by Crippen LogP contribution is -2.42. The average Bonchev–Trinajstić information content (AvgIpc) is 3.11. The van der Waals surface area contributed by atoms with Gasteiger partial charge in [0.1, 0.15) is 12.1 Å². The highest BCUT2D eigenvalue weighted by atomic mass is 32.1. The third-order valence-corrected chi connectivity index (χ3v) is 3.72. The van der Waals surface area contributed by atoms with Gasteiger partial charge in [-0.05, 0) is 0 Å². The van der Waals surface area contributed by atoms with Crippen molar-refractivity contribution in [2.75, 3.05) is 5.32 Å². The maximum atomic E-state index is 12.4. The van der Waals surface area contributed by atoms with Gasteiger partial charge in [0.05, 0.1) is 6.33 Å². The molecular weight excluding hydrogens is 310 g/mol. The summed E-state index contributed by atoms with van der Waals surface area (Å²) in [6.45, 7) is -0.411. The first-order chi connectivity index (χ1) is 10.5. The highest BCUT2D eigenvalue weighted by molar-refractivity contribution is 7.13. The molecule has 114 valence electrons. The fourth-order valence-electron chi connectivity index (χ4n) is 2.07. The Hall–Kier alpha value is -2.82. The van der Waals surface area contributed by atoms with Crippen molar-refractivity contribution in [3.05, 3.63) is 32.7 Å². The maximum Gasteiger partial charge on any atom is 0.332 e. The third kappa shape index (κ3) is 2.20. The second-order valence-electron chi connectivity index (χ2n) is 4.55. The summed E-state index contributed by atoms with van der Waals surface area (Å²) < 4.78 is 3.60. The van der Waals surface area contributed by atoms with Crippen LogP contribution in [-0.4, -0.2) is 34.8 Å². The molecule has 0 radical (unpaired) electrons. The molecule has 0 saturated heterocycles. The molecule has 1 amide bonds. The minimum atomic E-state index is -0.608. The molecule has 0 aliphatic heterocycles. The van der Waals surface area contributed by atoms with E-state index < -0.39 is 23.7 Å². The molecule has 10 nitrogen and oxygen atoms in total. The number of carbonyl (C=O) groups excluding carboxylic acids is 1. The molecule has 0 aliphatic rings. The number of aryl methyl sites for hydroxylation is 2. The molecule has 3 heterocycles. The average molecular weight is 321 g/mol. The normalized spacial score (nSPS) is 11.0. The Balaban J connectivity index is 2.04. The van der Waals surface area contributed by atoms with Crippen LogP contribution in [0.1, 0.15) is 0 Å². The van der Waals surface area contributed by atoms with Gasteiger partial charge in [-0.25, -0.2) is 14.3 Å². The van der Waals surface area contributed by atoms with Crippen molar-refractivity contribution in [2.45, 2.75) is 6.54 Å². The van der Waals surface area contributed by atoms with Gasteiger partial charge >= 0.3 is 5.69 Å². The van der Waals surface area contributed by atoms with Crippen molar-refractivity contribution in [3.8, 4) is 0 Å². The molecule has 1 N–H and O–H groups in total. The molecule has 0 unspecified atom stereocenters. The van der Waals surface area contributed by atoms with E-state index >= 15 is 0 Å². The minimum absolute atomic E-state index is 0.255. The zero-order valence-corrected chi connectivity index (χ0v) is 12.5. The molecule has 22 heavy (non-hydrogen) atoms. The smallest absolute Gasteiger partial charge is 0.328 e. The summed E-state index contributed by atoms with van der Waals surface area (Å²) in [7, 11) is 3.14. The predicted molar refractivity (Wildman–Crippen MR) is 78.8 cm³/mol. The van der Waals surface area contributed by atoms with Gasteiger partial charge in [0.2, 0.25) is 11.0 Å². The standard InChI is InChI=1S/C11H11N7O3S/c1-16-4-12-8-7(16)9(20)18(11(21)17(8)2)3-6(19)14-10-15-13-5-22-10/h4-5H,3H2,1-2H3,(H,14,15,19). The van der Waals surface area contributed by atoms with Crippen LogP contribution in [0.4, 0.5) is 5.13 Å². The number of aromatic nitrogens is 6. The Morgan fingerprint density at radius 2 is 2.14 bits per heavy atom. The van der Waals surface area contributed by atoms with E-state index in [1.165, 1.54) is 28.0 Å². The fraction of sp³-hybridized carbons (Fsp3) is 0.273. The van der Waals surface area contributed by atoms with E-state index in [1.807, 2.05) is 0 Å². The molecular formula is C11H11N7O3S. The van der Waals surface area contributed by atoms with E-state index in [2.05, 4.69) is 20.5 Å². The highest BCUT2D eigenvalue weighted by Crippen LogP contribution is 2.07. The number of nitrogens with zero attached hydrogens (tertiary/aromatic N) is 6. The monoisotopic (exact) mass is 321 g/mol. The molecule has 0 spiro atoms. The van der Waals surface area contributed by atoms with Crippen molar-refractivity contribution < 1.29 is 4.79 Å². The first kappa shape index (κ1) is 14.1. The Morgan fingerprint density at radius 3 is 2.82 bits per heavy atom. The van der Waals surface area contributed by atoms with Crippen LogP contribution in [0.2, 0.25) is 0 Å². The minimum Gasteiger partial charge on any atom is -0.328 e. The van der Waals surface area contributed by atoms with Crippen LogP contribution in [0, 0.1) is 0 Å². The van der Waals surface area contributed by atoms with Crippen LogP contribution >= 0.6 is 11.3 Å². The SMILES string of the molecule is Cn1cnc2c1c(=O)n(CC(=O)Nc1nncs1)c(=O)n2C. The molecule has 0 atom stereocenters. The Bertz CT molecular complexity index is 966. The molecule has 0 bridgehead atoms.